The molecule has 0 aromatic carbocycles. The number of hydrogen-bond donors (Lipinski definition) is 0. The third-order valence-corrected chi connectivity index (χ3v) is 4.92. The van der Waals surface area contributed by atoms with Crippen LogP contribution in [0, 0.1) is 0 Å². The summed E-state index contributed by atoms with van der Waals surface area (Å²) >= 11 is 0. The SMILES string of the molecule is CCCCCCS(=O)(=O)N1CCCCC1. The van der Waals surface area contributed by atoms with E-state index >= 15 is 0 Å². The van der Waals surface area contributed by atoms with Crippen molar-refractivity contribution < 1.29 is 8.42 Å². The Labute approximate surface area is 93.9 Å². The van der Waals surface area contributed by atoms with Crippen molar-refractivity contribution in [1.82, 2.24) is 4.31 Å². The third kappa shape index (κ3) is 4.51. The number of unbranched alkanes of at least 4 members (excludes halogenated alkanes) is 3. The average molecular weight is 233 g/mol. The predicted molar refractivity (Wildman–Crippen MR) is 63.4 cm³/mol. The summed E-state index contributed by atoms with van der Waals surface area (Å²) in [5, 5.41) is 0. The molecule has 0 amide bonds. The molecule has 0 bridgehead atoms. The Balaban J connectivity index is 2.30. The van der Waals surface area contributed by atoms with Crippen molar-refractivity contribution in [3.8, 4) is 0 Å². The second kappa shape index (κ2) is 6.48. The van der Waals surface area contributed by atoms with E-state index < -0.39 is 10.0 Å². The maximum atomic E-state index is 11.9. The number of sulfonamides is 1. The fourth-order valence-electron chi connectivity index (χ4n) is 1.98. The van der Waals surface area contributed by atoms with Crippen molar-refractivity contribution in [1.29, 1.82) is 0 Å². The average Bonchev–Trinajstić information content (AvgIpc) is 2.26. The van der Waals surface area contributed by atoms with Gasteiger partial charge in [0.05, 0.1) is 5.75 Å². The zero-order valence-corrected chi connectivity index (χ0v) is 10.6. The van der Waals surface area contributed by atoms with Crippen LogP contribution in [0.3, 0.4) is 0 Å². The molecular weight excluding hydrogens is 210 g/mol. The van der Waals surface area contributed by atoms with Gasteiger partial charge in [0.1, 0.15) is 0 Å². The zero-order chi connectivity index (χ0) is 11.1. The highest BCUT2D eigenvalue weighted by Crippen LogP contribution is 2.14. The molecular formula is C11H23NO2S. The Morgan fingerprint density at radius 2 is 1.67 bits per heavy atom. The fraction of sp³-hybridized carbons (Fsp3) is 1.00. The maximum Gasteiger partial charge on any atom is 0.214 e. The van der Waals surface area contributed by atoms with Gasteiger partial charge in [-0.15, -0.1) is 0 Å². The minimum Gasteiger partial charge on any atom is -0.212 e. The van der Waals surface area contributed by atoms with Crippen LogP contribution in [0.5, 0.6) is 0 Å². The van der Waals surface area contributed by atoms with Crippen LogP contribution in [0.4, 0.5) is 0 Å². The fourth-order valence-corrected chi connectivity index (χ4v) is 3.63. The highest BCUT2D eigenvalue weighted by molar-refractivity contribution is 7.89. The predicted octanol–water partition coefficient (Wildman–Crippen LogP) is 2.38. The Kier molecular flexibility index (Phi) is 5.61. The van der Waals surface area contributed by atoms with Crippen LogP contribution in [0.2, 0.25) is 0 Å². The summed E-state index contributed by atoms with van der Waals surface area (Å²) in [7, 11) is -2.93. The first-order valence-electron chi connectivity index (χ1n) is 6.14. The lowest BCUT2D eigenvalue weighted by Crippen LogP contribution is -2.37. The van der Waals surface area contributed by atoms with E-state index in [1.165, 1.54) is 6.42 Å². The summed E-state index contributed by atoms with van der Waals surface area (Å²) in [6, 6.07) is 0. The molecule has 0 N–H and O–H groups in total. The molecule has 4 heteroatoms. The van der Waals surface area contributed by atoms with Gasteiger partial charge in [0.2, 0.25) is 10.0 Å². The van der Waals surface area contributed by atoms with Crippen molar-refractivity contribution in [2.45, 2.75) is 51.9 Å². The van der Waals surface area contributed by atoms with Crippen LogP contribution in [0.25, 0.3) is 0 Å². The summed E-state index contributed by atoms with van der Waals surface area (Å²) in [5.41, 5.74) is 0. The topological polar surface area (TPSA) is 37.4 Å². The van der Waals surface area contributed by atoms with Crippen molar-refractivity contribution in [3.05, 3.63) is 0 Å². The Morgan fingerprint density at radius 3 is 2.27 bits per heavy atom. The first-order valence-corrected chi connectivity index (χ1v) is 7.75. The summed E-state index contributed by atoms with van der Waals surface area (Å²) < 4.78 is 25.4. The number of nitrogens with zero attached hydrogens (tertiary/aromatic N) is 1. The van der Waals surface area contributed by atoms with Crippen LogP contribution in [0.15, 0.2) is 0 Å². The van der Waals surface area contributed by atoms with Crippen molar-refractivity contribution in [2.75, 3.05) is 18.8 Å². The maximum absolute atomic E-state index is 11.9. The molecule has 1 fully saturated rings. The molecule has 1 rings (SSSR count). The van der Waals surface area contributed by atoms with Crippen molar-refractivity contribution in [3.63, 3.8) is 0 Å². The van der Waals surface area contributed by atoms with Crippen LogP contribution >= 0.6 is 0 Å². The second-order valence-electron chi connectivity index (χ2n) is 4.34. The quantitative estimate of drug-likeness (QED) is 0.661. The molecule has 1 saturated heterocycles. The smallest absolute Gasteiger partial charge is 0.212 e. The van der Waals surface area contributed by atoms with E-state index in [0.29, 0.717) is 5.75 Å². The molecule has 0 saturated carbocycles. The van der Waals surface area contributed by atoms with E-state index in [1.54, 1.807) is 4.31 Å². The van der Waals surface area contributed by atoms with E-state index in [1.807, 2.05) is 0 Å². The lowest BCUT2D eigenvalue weighted by molar-refractivity contribution is 0.346. The molecule has 0 aromatic rings. The van der Waals surface area contributed by atoms with E-state index in [0.717, 1.165) is 51.6 Å². The molecule has 1 aliphatic rings. The Morgan fingerprint density at radius 1 is 1.00 bits per heavy atom. The minimum absolute atomic E-state index is 0.354. The van der Waals surface area contributed by atoms with Gasteiger partial charge < -0.3 is 0 Å². The van der Waals surface area contributed by atoms with Gasteiger partial charge in [-0.1, -0.05) is 32.6 Å². The number of rotatable bonds is 6. The van der Waals surface area contributed by atoms with Crippen LogP contribution in [-0.2, 0) is 10.0 Å². The lowest BCUT2D eigenvalue weighted by Gasteiger charge is -2.25. The Hall–Kier alpha value is -0.0900. The first kappa shape index (κ1) is 13.0. The minimum atomic E-state index is -2.93. The summed E-state index contributed by atoms with van der Waals surface area (Å²) in [4.78, 5) is 0. The van der Waals surface area contributed by atoms with Gasteiger partial charge in [0.25, 0.3) is 0 Å². The molecule has 3 nitrogen and oxygen atoms in total. The third-order valence-electron chi connectivity index (χ3n) is 2.96. The molecule has 1 aliphatic heterocycles. The van der Waals surface area contributed by atoms with Gasteiger partial charge >= 0.3 is 0 Å². The monoisotopic (exact) mass is 233 g/mol. The summed E-state index contributed by atoms with van der Waals surface area (Å²) in [6.45, 7) is 3.63. The van der Waals surface area contributed by atoms with Gasteiger partial charge in [-0.2, -0.15) is 0 Å². The first-order chi connectivity index (χ1) is 7.17. The van der Waals surface area contributed by atoms with Gasteiger partial charge in [-0.05, 0) is 19.3 Å². The highest BCUT2D eigenvalue weighted by atomic mass is 32.2. The highest BCUT2D eigenvalue weighted by Gasteiger charge is 2.22. The molecule has 15 heavy (non-hydrogen) atoms. The van der Waals surface area contributed by atoms with Gasteiger partial charge in [-0.3, -0.25) is 0 Å². The summed E-state index contributed by atoms with van der Waals surface area (Å²) in [5.74, 6) is 0.354. The standard InChI is InChI=1S/C11H23NO2S/c1-2-3-4-8-11-15(13,14)12-9-6-5-7-10-12/h2-11H2,1H3. The molecule has 0 atom stereocenters. The van der Waals surface area contributed by atoms with Crippen molar-refractivity contribution in [2.24, 2.45) is 0 Å². The normalized spacial score (nSPS) is 19.3. The molecule has 90 valence electrons. The van der Waals surface area contributed by atoms with E-state index in [-0.39, 0.29) is 0 Å². The largest absolute Gasteiger partial charge is 0.214 e. The van der Waals surface area contributed by atoms with Crippen molar-refractivity contribution >= 4 is 10.0 Å². The molecule has 0 radical (unpaired) electrons. The van der Waals surface area contributed by atoms with Gasteiger partial charge in [0, 0.05) is 13.1 Å². The van der Waals surface area contributed by atoms with Gasteiger partial charge in [-0.25, -0.2) is 12.7 Å². The lowest BCUT2D eigenvalue weighted by atomic mass is 10.2. The van der Waals surface area contributed by atoms with Crippen LogP contribution < -0.4 is 0 Å². The molecule has 0 unspecified atom stereocenters. The number of hydrogen-bond acceptors (Lipinski definition) is 2. The molecule has 0 aromatic heterocycles. The number of piperidine rings is 1. The zero-order valence-electron chi connectivity index (χ0n) is 9.74. The van der Waals surface area contributed by atoms with E-state index in [4.69, 9.17) is 0 Å². The van der Waals surface area contributed by atoms with Crippen LogP contribution in [0.1, 0.15) is 51.9 Å². The summed E-state index contributed by atoms with van der Waals surface area (Å²) in [6.07, 6.45) is 7.43. The second-order valence-corrected chi connectivity index (χ2v) is 6.42. The van der Waals surface area contributed by atoms with Gasteiger partial charge in [0.15, 0.2) is 0 Å². The van der Waals surface area contributed by atoms with Crippen LogP contribution in [-0.4, -0.2) is 31.6 Å². The Bertz CT molecular complexity index is 256. The van der Waals surface area contributed by atoms with E-state index in [9.17, 15) is 8.42 Å². The van der Waals surface area contributed by atoms with E-state index in [2.05, 4.69) is 6.92 Å². The molecule has 0 aliphatic carbocycles. The molecule has 0 spiro atoms. The molecule has 1 heterocycles.